The Morgan fingerprint density at radius 3 is 2.75 bits per heavy atom. The van der Waals surface area contributed by atoms with Gasteiger partial charge in [-0.05, 0) is 46.6 Å². The number of nitrogens with zero attached hydrogens (tertiary/aromatic N) is 1. The number of ether oxygens (including phenoxy) is 1. The van der Waals surface area contributed by atoms with Crippen molar-refractivity contribution in [3.05, 3.63) is 0 Å². The summed E-state index contributed by atoms with van der Waals surface area (Å²) in [6.45, 7) is 6.80. The third kappa shape index (κ3) is 4.49. The minimum absolute atomic E-state index is 0.0506. The largest absolute Gasteiger partial charge is 0.462 e. The molecule has 0 saturated carbocycles. The maximum absolute atomic E-state index is 11.5. The predicted octanol–water partition coefficient (Wildman–Crippen LogP) is 1.17. The molecule has 1 fully saturated rings. The van der Waals surface area contributed by atoms with Gasteiger partial charge in [0, 0.05) is 6.04 Å². The Kier molecular flexibility index (Phi) is 5.22. The van der Waals surface area contributed by atoms with Gasteiger partial charge < -0.3 is 9.84 Å². The maximum atomic E-state index is 11.5. The van der Waals surface area contributed by atoms with E-state index in [-0.39, 0.29) is 18.2 Å². The summed E-state index contributed by atoms with van der Waals surface area (Å²) >= 11 is 0. The molecule has 0 radical (unpaired) electrons. The molecule has 1 N–H and O–H groups in total. The molecular formula is C12H23NO3. The van der Waals surface area contributed by atoms with Gasteiger partial charge in [-0.2, -0.15) is 0 Å². The second kappa shape index (κ2) is 6.21. The average Bonchev–Trinajstić information content (AvgIpc) is 2.50. The fourth-order valence-electron chi connectivity index (χ4n) is 2.23. The summed E-state index contributed by atoms with van der Waals surface area (Å²) in [5.41, 5.74) is 0. The quantitative estimate of drug-likeness (QED) is 0.719. The molecule has 0 amide bonds. The lowest BCUT2D eigenvalue weighted by atomic mass is 10.1. The predicted molar refractivity (Wildman–Crippen MR) is 62.1 cm³/mol. The molecule has 1 rings (SSSR count). The number of carbonyl (C=O) groups is 1. The smallest absolute Gasteiger partial charge is 0.320 e. The van der Waals surface area contributed by atoms with E-state index in [9.17, 15) is 9.90 Å². The molecule has 0 aromatic rings. The van der Waals surface area contributed by atoms with Gasteiger partial charge in [-0.3, -0.25) is 9.69 Å². The second-order valence-electron chi connectivity index (χ2n) is 4.89. The van der Waals surface area contributed by atoms with Crippen molar-refractivity contribution >= 4 is 5.97 Å². The number of rotatable bonds is 5. The van der Waals surface area contributed by atoms with Crippen LogP contribution in [0.5, 0.6) is 0 Å². The van der Waals surface area contributed by atoms with Crippen molar-refractivity contribution in [2.75, 3.05) is 13.1 Å². The Hall–Kier alpha value is -0.610. The van der Waals surface area contributed by atoms with Crippen molar-refractivity contribution in [2.45, 2.75) is 58.3 Å². The summed E-state index contributed by atoms with van der Waals surface area (Å²) in [6.07, 6.45) is 2.57. The highest BCUT2D eigenvalue weighted by Crippen LogP contribution is 2.21. The lowest BCUT2D eigenvalue weighted by molar-refractivity contribution is -0.149. The fourth-order valence-corrected chi connectivity index (χ4v) is 2.23. The van der Waals surface area contributed by atoms with E-state index in [1.54, 1.807) is 6.92 Å². The lowest BCUT2D eigenvalue weighted by Crippen LogP contribution is -2.37. The number of hydrogen-bond acceptors (Lipinski definition) is 4. The Balaban J connectivity index is 2.37. The van der Waals surface area contributed by atoms with Crippen LogP contribution in [0.2, 0.25) is 0 Å². The number of carbonyl (C=O) groups excluding carboxylic acids is 1. The highest BCUT2D eigenvalue weighted by Gasteiger charge is 2.27. The van der Waals surface area contributed by atoms with Crippen LogP contribution in [0.15, 0.2) is 0 Å². The first kappa shape index (κ1) is 13.5. The van der Waals surface area contributed by atoms with Gasteiger partial charge in [0.25, 0.3) is 0 Å². The van der Waals surface area contributed by atoms with Gasteiger partial charge in [-0.15, -0.1) is 0 Å². The van der Waals surface area contributed by atoms with Gasteiger partial charge >= 0.3 is 5.97 Å². The molecule has 0 bridgehead atoms. The zero-order valence-electron chi connectivity index (χ0n) is 10.5. The van der Waals surface area contributed by atoms with Crippen molar-refractivity contribution in [3.63, 3.8) is 0 Å². The van der Waals surface area contributed by atoms with Crippen molar-refractivity contribution in [2.24, 2.45) is 0 Å². The third-order valence-corrected chi connectivity index (χ3v) is 2.81. The van der Waals surface area contributed by atoms with Crippen molar-refractivity contribution in [1.82, 2.24) is 4.90 Å². The SMILES string of the molecule is CC(O)CC1CCCN1CC(=O)OC(C)C. The van der Waals surface area contributed by atoms with Crippen LogP contribution in [0.4, 0.5) is 0 Å². The van der Waals surface area contributed by atoms with Gasteiger partial charge in [0.15, 0.2) is 0 Å². The van der Waals surface area contributed by atoms with E-state index >= 15 is 0 Å². The first-order chi connectivity index (χ1) is 7.49. The van der Waals surface area contributed by atoms with Crippen LogP contribution < -0.4 is 0 Å². The van der Waals surface area contributed by atoms with Crippen LogP contribution in [0.3, 0.4) is 0 Å². The zero-order valence-corrected chi connectivity index (χ0v) is 10.5. The van der Waals surface area contributed by atoms with E-state index in [0.29, 0.717) is 12.6 Å². The number of esters is 1. The summed E-state index contributed by atoms with van der Waals surface area (Å²) in [5, 5.41) is 9.37. The molecule has 4 heteroatoms. The van der Waals surface area contributed by atoms with Crippen LogP contribution in [-0.4, -0.2) is 47.3 Å². The molecule has 4 nitrogen and oxygen atoms in total. The minimum atomic E-state index is -0.299. The highest BCUT2D eigenvalue weighted by atomic mass is 16.5. The summed E-state index contributed by atoms with van der Waals surface area (Å²) in [7, 11) is 0. The van der Waals surface area contributed by atoms with Gasteiger partial charge in [-0.1, -0.05) is 0 Å². The lowest BCUT2D eigenvalue weighted by Gasteiger charge is -2.24. The summed E-state index contributed by atoms with van der Waals surface area (Å²) in [5.74, 6) is -0.160. The maximum Gasteiger partial charge on any atom is 0.320 e. The molecule has 0 aromatic heterocycles. The van der Waals surface area contributed by atoms with Crippen molar-refractivity contribution < 1.29 is 14.6 Å². The summed E-state index contributed by atoms with van der Waals surface area (Å²) in [4.78, 5) is 13.6. The molecular weight excluding hydrogens is 206 g/mol. The summed E-state index contributed by atoms with van der Waals surface area (Å²) < 4.78 is 5.12. The number of aliphatic hydroxyl groups is 1. The highest BCUT2D eigenvalue weighted by molar-refractivity contribution is 5.71. The van der Waals surface area contributed by atoms with Gasteiger partial charge in [0.2, 0.25) is 0 Å². The molecule has 1 heterocycles. The van der Waals surface area contributed by atoms with Crippen molar-refractivity contribution in [3.8, 4) is 0 Å². The van der Waals surface area contributed by atoms with E-state index in [1.165, 1.54) is 0 Å². The Labute approximate surface area is 97.6 Å². The molecule has 1 aliphatic heterocycles. The van der Waals surface area contributed by atoms with E-state index in [2.05, 4.69) is 4.90 Å². The molecule has 94 valence electrons. The van der Waals surface area contributed by atoms with Crippen LogP contribution >= 0.6 is 0 Å². The van der Waals surface area contributed by atoms with Crippen LogP contribution in [-0.2, 0) is 9.53 Å². The molecule has 1 saturated heterocycles. The Morgan fingerprint density at radius 1 is 1.50 bits per heavy atom. The van der Waals surface area contributed by atoms with E-state index in [4.69, 9.17) is 4.74 Å². The van der Waals surface area contributed by atoms with E-state index < -0.39 is 0 Å². The monoisotopic (exact) mass is 229 g/mol. The molecule has 0 spiro atoms. The van der Waals surface area contributed by atoms with Crippen LogP contribution in [0, 0.1) is 0 Å². The van der Waals surface area contributed by atoms with Gasteiger partial charge in [-0.25, -0.2) is 0 Å². The number of hydrogen-bond donors (Lipinski definition) is 1. The molecule has 16 heavy (non-hydrogen) atoms. The first-order valence-electron chi connectivity index (χ1n) is 6.10. The van der Waals surface area contributed by atoms with Crippen LogP contribution in [0.1, 0.15) is 40.0 Å². The van der Waals surface area contributed by atoms with Crippen LogP contribution in [0.25, 0.3) is 0 Å². The molecule has 0 aromatic carbocycles. The number of aliphatic hydroxyl groups excluding tert-OH is 1. The van der Waals surface area contributed by atoms with E-state index in [1.807, 2.05) is 13.8 Å². The molecule has 1 aliphatic rings. The normalized spacial score (nSPS) is 23.7. The third-order valence-electron chi connectivity index (χ3n) is 2.81. The molecule has 2 unspecified atom stereocenters. The molecule has 2 atom stereocenters. The number of likely N-dealkylation sites (tertiary alicyclic amines) is 1. The topological polar surface area (TPSA) is 49.8 Å². The van der Waals surface area contributed by atoms with Crippen molar-refractivity contribution in [1.29, 1.82) is 0 Å². The standard InChI is InChI=1S/C12H23NO3/c1-9(2)16-12(15)8-13-6-4-5-11(13)7-10(3)14/h9-11,14H,4-8H2,1-3H3. The van der Waals surface area contributed by atoms with E-state index in [0.717, 1.165) is 25.8 Å². The van der Waals surface area contributed by atoms with Gasteiger partial charge in [0.05, 0.1) is 18.8 Å². The Morgan fingerprint density at radius 2 is 2.19 bits per heavy atom. The Bertz CT molecular complexity index is 228. The average molecular weight is 229 g/mol. The summed E-state index contributed by atoms with van der Waals surface area (Å²) in [6, 6.07) is 0.333. The van der Waals surface area contributed by atoms with Gasteiger partial charge in [0.1, 0.15) is 0 Å². The molecule has 0 aliphatic carbocycles. The minimum Gasteiger partial charge on any atom is -0.462 e. The first-order valence-corrected chi connectivity index (χ1v) is 6.10. The fraction of sp³-hybridized carbons (Fsp3) is 0.917. The second-order valence-corrected chi connectivity index (χ2v) is 4.89. The zero-order chi connectivity index (χ0) is 12.1.